The molecule has 222 valence electrons. The van der Waals surface area contributed by atoms with E-state index >= 15 is 0 Å². The Balaban J connectivity index is 1.13. The third-order valence-electron chi connectivity index (χ3n) is 7.92. The van der Waals surface area contributed by atoms with Crippen LogP contribution in [0.25, 0.3) is 5.57 Å². The fourth-order valence-electron chi connectivity index (χ4n) is 5.32. The van der Waals surface area contributed by atoms with Gasteiger partial charge in [0.25, 0.3) is 11.8 Å². The number of likely N-dealkylation sites (N-methyl/N-ethyl adjacent to an activating group) is 1. The van der Waals surface area contributed by atoms with E-state index in [9.17, 15) is 14.4 Å². The van der Waals surface area contributed by atoms with Gasteiger partial charge in [-0.15, -0.1) is 0 Å². The molecule has 0 spiro atoms. The molecule has 1 saturated heterocycles. The van der Waals surface area contributed by atoms with Crippen LogP contribution in [0.2, 0.25) is 0 Å². The molecule has 6 rings (SSSR count). The van der Waals surface area contributed by atoms with E-state index in [2.05, 4.69) is 44.9 Å². The number of benzene rings is 4. The number of nitrogens with one attached hydrogen (secondary N) is 3. The zero-order chi connectivity index (χ0) is 30.6. The number of piperazine rings is 1. The van der Waals surface area contributed by atoms with E-state index in [1.54, 1.807) is 80.0 Å². The summed E-state index contributed by atoms with van der Waals surface area (Å²) in [6.07, 6.45) is 1.70. The van der Waals surface area contributed by atoms with Crippen molar-refractivity contribution in [1.29, 1.82) is 0 Å². The van der Waals surface area contributed by atoms with Gasteiger partial charge in [-0.05, 0) is 73.8 Å². The third kappa shape index (κ3) is 6.18. The number of fused-ring (bicyclic) bond motifs is 1. The Kier molecular flexibility index (Phi) is 8.12. The molecule has 4 aromatic rings. The number of anilines is 4. The number of ether oxygens (including phenoxy) is 1. The molecule has 44 heavy (non-hydrogen) atoms. The van der Waals surface area contributed by atoms with Crippen LogP contribution in [-0.4, -0.2) is 62.8 Å². The lowest BCUT2D eigenvalue weighted by atomic mass is 9.99. The lowest BCUT2D eigenvalue weighted by Gasteiger charge is -2.34. The fraction of sp³-hybridized carbons (Fsp3) is 0.171. The van der Waals surface area contributed by atoms with E-state index in [1.807, 2.05) is 12.1 Å². The summed E-state index contributed by atoms with van der Waals surface area (Å²) in [6.45, 7) is 4.09. The van der Waals surface area contributed by atoms with Gasteiger partial charge in [0.2, 0.25) is 0 Å². The molecule has 4 aromatic carbocycles. The summed E-state index contributed by atoms with van der Waals surface area (Å²) in [5, 5.41) is 8.95. The minimum atomic E-state index is -0.295. The lowest BCUT2D eigenvalue weighted by molar-refractivity contribution is -0.110. The Morgan fingerprint density at radius 2 is 1.52 bits per heavy atom. The maximum atomic E-state index is 13.4. The molecule has 0 aromatic heterocycles. The quantitative estimate of drug-likeness (QED) is 0.189. The molecule has 9 nitrogen and oxygen atoms in total. The van der Waals surface area contributed by atoms with Gasteiger partial charge in [-0.25, -0.2) is 0 Å². The average Bonchev–Trinajstić information content (AvgIpc) is 3.38. The molecule has 0 bridgehead atoms. The first-order chi connectivity index (χ1) is 21.4. The second kappa shape index (κ2) is 12.4. The first-order valence-electron chi connectivity index (χ1n) is 14.4. The highest BCUT2D eigenvalue weighted by Crippen LogP contribution is 2.33. The second-order valence-corrected chi connectivity index (χ2v) is 10.8. The zero-order valence-corrected chi connectivity index (χ0v) is 24.6. The van der Waals surface area contributed by atoms with Crippen LogP contribution >= 0.6 is 0 Å². The van der Waals surface area contributed by atoms with Gasteiger partial charge >= 0.3 is 0 Å². The number of methoxy groups -OCH3 is 1. The smallest absolute Gasteiger partial charge is 0.257 e. The molecular formula is C35H33N5O4. The van der Waals surface area contributed by atoms with Crippen LogP contribution in [0.4, 0.5) is 22.7 Å². The van der Waals surface area contributed by atoms with Crippen molar-refractivity contribution in [2.24, 2.45) is 0 Å². The summed E-state index contributed by atoms with van der Waals surface area (Å²) in [5.41, 5.74) is 5.65. The number of nitrogens with zero attached hydrogens (tertiary/aromatic N) is 2. The summed E-state index contributed by atoms with van der Waals surface area (Å²) >= 11 is 0. The van der Waals surface area contributed by atoms with Gasteiger partial charge in [0.15, 0.2) is 5.78 Å². The Morgan fingerprint density at radius 3 is 2.25 bits per heavy atom. The van der Waals surface area contributed by atoms with E-state index in [4.69, 9.17) is 4.74 Å². The summed E-state index contributed by atoms with van der Waals surface area (Å²) < 4.78 is 5.14. The maximum absolute atomic E-state index is 13.4. The summed E-state index contributed by atoms with van der Waals surface area (Å²) in [6, 6.07) is 26.9. The molecule has 3 N–H and O–H groups in total. The van der Waals surface area contributed by atoms with Crippen LogP contribution in [-0.2, 0) is 4.79 Å². The van der Waals surface area contributed by atoms with Crippen LogP contribution in [0.15, 0.2) is 97.2 Å². The van der Waals surface area contributed by atoms with E-state index in [1.165, 1.54) is 5.69 Å². The fourth-order valence-corrected chi connectivity index (χ4v) is 5.32. The predicted octanol–water partition coefficient (Wildman–Crippen LogP) is 5.34. The maximum Gasteiger partial charge on any atom is 0.257 e. The lowest BCUT2D eigenvalue weighted by Crippen LogP contribution is -2.44. The van der Waals surface area contributed by atoms with Gasteiger partial charge in [-0.1, -0.05) is 24.3 Å². The topological polar surface area (TPSA) is 103 Å². The monoisotopic (exact) mass is 587 g/mol. The van der Waals surface area contributed by atoms with Gasteiger partial charge in [-0.2, -0.15) is 0 Å². The van der Waals surface area contributed by atoms with Crippen LogP contribution in [0.1, 0.15) is 31.8 Å². The largest absolute Gasteiger partial charge is 0.497 e. The summed E-state index contributed by atoms with van der Waals surface area (Å²) in [5.74, 6) is -0.102. The number of carbonyl (C=O) groups is 3. The standard InChI is InChI=1S/C35H33N5O4/c1-39-16-18-40(19-17-39)28-11-9-26(10-12-28)36-22-31-30-15-8-25(21-32(30)38-35(31)43)33(41)24-4-3-5-27(20-24)37-34(42)23-6-13-29(44-2)14-7-23/h3-15,20-22,36H,16-19H2,1-2H3,(H,37,42)(H,38,43). The van der Waals surface area contributed by atoms with Crippen molar-refractivity contribution in [1.82, 2.24) is 4.90 Å². The van der Waals surface area contributed by atoms with Crippen LogP contribution in [0, 0.1) is 0 Å². The van der Waals surface area contributed by atoms with Crippen molar-refractivity contribution in [3.05, 3.63) is 119 Å². The zero-order valence-electron chi connectivity index (χ0n) is 24.6. The number of ketones is 1. The van der Waals surface area contributed by atoms with Crippen molar-refractivity contribution in [2.75, 3.05) is 61.2 Å². The van der Waals surface area contributed by atoms with E-state index in [0.717, 1.165) is 31.9 Å². The highest BCUT2D eigenvalue weighted by Gasteiger charge is 2.25. The van der Waals surface area contributed by atoms with Crippen LogP contribution < -0.4 is 25.6 Å². The van der Waals surface area contributed by atoms with Crippen LogP contribution in [0.5, 0.6) is 5.75 Å². The van der Waals surface area contributed by atoms with E-state index in [-0.39, 0.29) is 17.6 Å². The number of amides is 2. The van der Waals surface area contributed by atoms with Gasteiger partial charge in [0, 0.05) is 77.4 Å². The highest BCUT2D eigenvalue weighted by atomic mass is 16.5. The molecule has 1 fully saturated rings. The number of carbonyl (C=O) groups excluding carboxylic acids is 3. The molecule has 0 aliphatic carbocycles. The Labute approximate surface area is 256 Å². The first-order valence-corrected chi connectivity index (χ1v) is 14.4. The van der Waals surface area contributed by atoms with Gasteiger partial charge in [0.1, 0.15) is 5.75 Å². The molecule has 2 aliphatic heterocycles. The number of hydrogen-bond donors (Lipinski definition) is 3. The molecule has 2 aliphatic rings. The van der Waals surface area contributed by atoms with Gasteiger partial charge < -0.3 is 30.5 Å². The molecule has 0 saturated carbocycles. The van der Waals surface area contributed by atoms with Gasteiger partial charge in [0.05, 0.1) is 12.7 Å². The van der Waals surface area contributed by atoms with Crippen molar-refractivity contribution in [3.63, 3.8) is 0 Å². The molecule has 2 heterocycles. The predicted molar refractivity (Wildman–Crippen MR) is 174 cm³/mol. The van der Waals surface area contributed by atoms with Crippen molar-refractivity contribution in [2.45, 2.75) is 0 Å². The Bertz CT molecular complexity index is 1740. The number of rotatable bonds is 8. The Hall–Kier alpha value is -5.41. The SMILES string of the molecule is COc1ccc(C(=O)Nc2cccc(C(=O)c3ccc4c(c3)NC(=O)C4=CNc3ccc(N4CCN(C)CC4)cc3)c2)cc1. The molecule has 0 atom stereocenters. The molecule has 0 radical (unpaired) electrons. The highest BCUT2D eigenvalue weighted by molar-refractivity contribution is 6.32. The normalized spacial score (nSPS) is 15.5. The van der Waals surface area contributed by atoms with Crippen molar-refractivity contribution in [3.8, 4) is 5.75 Å². The van der Waals surface area contributed by atoms with Crippen molar-refractivity contribution < 1.29 is 19.1 Å². The van der Waals surface area contributed by atoms with Crippen molar-refractivity contribution >= 4 is 45.9 Å². The Morgan fingerprint density at radius 1 is 0.818 bits per heavy atom. The van der Waals surface area contributed by atoms with E-state index < -0.39 is 0 Å². The van der Waals surface area contributed by atoms with Gasteiger partial charge in [-0.3, -0.25) is 14.4 Å². The average molecular weight is 588 g/mol. The van der Waals surface area contributed by atoms with E-state index in [0.29, 0.717) is 45.0 Å². The molecule has 9 heteroatoms. The minimum Gasteiger partial charge on any atom is -0.497 e. The molecule has 0 unspecified atom stereocenters. The summed E-state index contributed by atoms with van der Waals surface area (Å²) in [4.78, 5) is 43.6. The molecule has 2 amide bonds. The second-order valence-electron chi connectivity index (χ2n) is 10.8. The van der Waals surface area contributed by atoms with Crippen LogP contribution in [0.3, 0.4) is 0 Å². The number of hydrogen-bond acceptors (Lipinski definition) is 7. The third-order valence-corrected chi connectivity index (χ3v) is 7.92. The minimum absolute atomic E-state index is 0.224. The molecular weight excluding hydrogens is 554 g/mol. The first kappa shape index (κ1) is 28.7. The summed E-state index contributed by atoms with van der Waals surface area (Å²) in [7, 11) is 3.70.